The van der Waals surface area contributed by atoms with Crippen LogP contribution < -0.4 is 10.1 Å². The Kier molecular flexibility index (Phi) is 4.96. The van der Waals surface area contributed by atoms with Gasteiger partial charge in [0.1, 0.15) is 18.2 Å². The Labute approximate surface area is 108 Å². The lowest BCUT2D eigenvalue weighted by atomic mass is 10.1. The first-order valence-corrected chi connectivity index (χ1v) is 6.56. The Balaban J connectivity index is 1.72. The molecule has 1 unspecified atom stereocenters. The van der Waals surface area contributed by atoms with Crippen molar-refractivity contribution in [2.75, 3.05) is 33.3 Å². The number of halogens is 1. The Morgan fingerprint density at radius 1 is 1.50 bits per heavy atom. The number of hydrogen-bond donors (Lipinski definition) is 1. The third-order valence-corrected chi connectivity index (χ3v) is 3.39. The summed E-state index contributed by atoms with van der Waals surface area (Å²) in [5.41, 5.74) is 0. The average molecular weight is 252 g/mol. The monoisotopic (exact) mass is 252 g/mol. The van der Waals surface area contributed by atoms with Crippen LogP contribution in [0.4, 0.5) is 4.39 Å². The molecule has 4 heteroatoms. The van der Waals surface area contributed by atoms with Gasteiger partial charge in [-0.2, -0.15) is 0 Å². The maximum Gasteiger partial charge on any atom is 0.126 e. The van der Waals surface area contributed by atoms with Crippen molar-refractivity contribution >= 4 is 0 Å². The summed E-state index contributed by atoms with van der Waals surface area (Å²) in [6.07, 6.45) is 2.48. The lowest BCUT2D eigenvalue weighted by molar-refractivity contribution is 0.162. The van der Waals surface area contributed by atoms with Crippen molar-refractivity contribution in [1.82, 2.24) is 10.2 Å². The molecule has 0 spiro atoms. The Morgan fingerprint density at radius 3 is 3.17 bits per heavy atom. The van der Waals surface area contributed by atoms with Crippen LogP contribution in [0, 0.1) is 5.82 Å². The predicted octanol–water partition coefficient (Wildman–Crippen LogP) is 1.89. The fraction of sp³-hybridized carbons (Fsp3) is 0.571. The van der Waals surface area contributed by atoms with E-state index in [2.05, 4.69) is 10.2 Å². The summed E-state index contributed by atoms with van der Waals surface area (Å²) >= 11 is 0. The lowest BCUT2D eigenvalue weighted by Crippen LogP contribution is -2.45. The second-order valence-electron chi connectivity index (χ2n) is 4.73. The van der Waals surface area contributed by atoms with Crippen LogP contribution in [0.5, 0.6) is 5.75 Å². The minimum atomic E-state index is -0.249. The second-order valence-corrected chi connectivity index (χ2v) is 4.73. The molecule has 18 heavy (non-hydrogen) atoms. The van der Waals surface area contributed by atoms with Crippen molar-refractivity contribution in [2.24, 2.45) is 0 Å². The van der Waals surface area contributed by atoms with Gasteiger partial charge in [-0.3, -0.25) is 4.90 Å². The van der Waals surface area contributed by atoms with Gasteiger partial charge in [0.15, 0.2) is 0 Å². The van der Waals surface area contributed by atoms with Gasteiger partial charge in [0.2, 0.25) is 0 Å². The first-order chi connectivity index (χ1) is 8.78. The van der Waals surface area contributed by atoms with Crippen molar-refractivity contribution in [1.29, 1.82) is 0 Å². The molecule has 1 aromatic rings. The summed E-state index contributed by atoms with van der Waals surface area (Å²) in [5, 5.41) is 3.32. The molecule has 0 aromatic heterocycles. The van der Waals surface area contributed by atoms with E-state index in [1.165, 1.54) is 25.0 Å². The summed E-state index contributed by atoms with van der Waals surface area (Å²) in [6, 6.07) is 6.90. The topological polar surface area (TPSA) is 24.5 Å². The van der Waals surface area contributed by atoms with E-state index in [4.69, 9.17) is 4.74 Å². The molecule has 0 saturated carbocycles. The standard InChI is InChI=1S/C14H21FN2O/c1-16-13-5-3-7-17(11-13)8-9-18-14-6-2-4-12(15)10-14/h2,4,6,10,13,16H,3,5,7-9,11H2,1H3. The Hall–Kier alpha value is -1.13. The molecule has 1 N–H and O–H groups in total. The molecule has 100 valence electrons. The third kappa shape index (κ3) is 3.96. The zero-order valence-electron chi connectivity index (χ0n) is 10.9. The van der Waals surface area contributed by atoms with Gasteiger partial charge in [-0.1, -0.05) is 6.07 Å². The lowest BCUT2D eigenvalue weighted by Gasteiger charge is -2.32. The molecule has 1 fully saturated rings. The normalized spacial score (nSPS) is 20.9. The number of nitrogens with one attached hydrogen (secondary N) is 1. The highest BCUT2D eigenvalue weighted by atomic mass is 19.1. The first kappa shape index (κ1) is 13.3. The quantitative estimate of drug-likeness (QED) is 0.866. The Morgan fingerprint density at radius 2 is 2.39 bits per heavy atom. The van der Waals surface area contributed by atoms with Gasteiger partial charge in [0, 0.05) is 25.2 Å². The van der Waals surface area contributed by atoms with E-state index < -0.39 is 0 Å². The summed E-state index contributed by atoms with van der Waals surface area (Å²) in [6.45, 7) is 3.71. The molecule has 1 saturated heterocycles. The van der Waals surface area contributed by atoms with Crippen LogP contribution in [0.2, 0.25) is 0 Å². The Bertz CT molecular complexity index is 373. The van der Waals surface area contributed by atoms with Gasteiger partial charge in [0.25, 0.3) is 0 Å². The van der Waals surface area contributed by atoms with Crippen LogP contribution in [0.3, 0.4) is 0 Å². The number of likely N-dealkylation sites (tertiary alicyclic amines) is 1. The van der Waals surface area contributed by atoms with E-state index in [0.717, 1.165) is 19.6 Å². The number of rotatable bonds is 5. The number of piperidine rings is 1. The van der Waals surface area contributed by atoms with Gasteiger partial charge in [-0.05, 0) is 38.6 Å². The van der Waals surface area contributed by atoms with Crippen LogP contribution >= 0.6 is 0 Å². The van der Waals surface area contributed by atoms with Crippen LogP contribution in [0.25, 0.3) is 0 Å². The van der Waals surface area contributed by atoms with Crippen LogP contribution in [0.1, 0.15) is 12.8 Å². The zero-order chi connectivity index (χ0) is 12.8. The summed E-state index contributed by atoms with van der Waals surface area (Å²) in [4.78, 5) is 2.39. The van der Waals surface area contributed by atoms with Gasteiger partial charge in [0.05, 0.1) is 0 Å². The van der Waals surface area contributed by atoms with Crippen molar-refractivity contribution in [2.45, 2.75) is 18.9 Å². The van der Waals surface area contributed by atoms with Gasteiger partial charge < -0.3 is 10.1 Å². The number of likely N-dealkylation sites (N-methyl/N-ethyl adjacent to an activating group) is 1. The summed E-state index contributed by atoms with van der Waals surface area (Å²) in [5.74, 6) is 0.359. The SMILES string of the molecule is CNC1CCCN(CCOc2cccc(F)c2)C1. The molecule has 1 aliphatic rings. The molecule has 0 bridgehead atoms. The van der Waals surface area contributed by atoms with Crippen LogP contribution in [-0.4, -0.2) is 44.2 Å². The highest BCUT2D eigenvalue weighted by Gasteiger charge is 2.17. The van der Waals surface area contributed by atoms with Crippen LogP contribution in [-0.2, 0) is 0 Å². The number of benzene rings is 1. The molecule has 0 amide bonds. The fourth-order valence-electron chi connectivity index (χ4n) is 2.34. The van der Waals surface area contributed by atoms with Crippen molar-refractivity contribution in [3.63, 3.8) is 0 Å². The minimum absolute atomic E-state index is 0.249. The van der Waals surface area contributed by atoms with E-state index in [9.17, 15) is 4.39 Å². The van der Waals surface area contributed by atoms with Crippen molar-refractivity contribution in [3.8, 4) is 5.75 Å². The zero-order valence-corrected chi connectivity index (χ0v) is 10.9. The number of hydrogen-bond acceptors (Lipinski definition) is 3. The van der Waals surface area contributed by atoms with Crippen LogP contribution in [0.15, 0.2) is 24.3 Å². The molecular formula is C14H21FN2O. The number of nitrogens with zero attached hydrogens (tertiary/aromatic N) is 1. The summed E-state index contributed by atoms with van der Waals surface area (Å²) in [7, 11) is 2.01. The van der Waals surface area contributed by atoms with Crippen molar-refractivity contribution in [3.05, 3.63) is 30.1 Å². The molecule has 1 heterocycles. The highest BCUT2D eigenvalue weighted by molar-refractivity contribution is 5.22. The average Bonchev–Trinajstić information content (AvgIpc) is 2.39. The minimum Gasteiger partial charge on any atom is -0.492 e. The van der Waals surface area contributed by atoms with E-state index >= 15 is 0 Å². The molecule has 1 aromatic carbocycles. The summed E-state index contributed by atoms with van der Waals surface area (Å²) < 4.78 is 18.5. The highest BCUT2D eigenvalue weighted by Crippen LogP contribution is 2.13. The first-order valence-electron chi connectivity index (χ1n) is 6.56. The largest absolute Gasteiger partial charge is 0.492 e. The maximum atomic E-state index is 12.9. The van der Waals surface area contributed by atoms with E-state index in [-0.39, 0.29) is 5.82 Å². The van der Waals surface area contributed by atoms with Gasteiger partial charge in [-0.25, -0.2) is 4.39 Å². The maximum absolute atomic E-state index is 12.9. The molecule has 0 radical (unpaired) electrons. The molecular weight excluding hydrogens is 231 g/mol. The fourth-order valence-corrected chi connectivity index (χ4v) is 2.34. The molecule has 0 aliphatic carbocycles. The smallest absolute Gasteiger partial charge is 0.126 e. The number of ether oxygens (including phenoxy) is 1. The molecule has 2 rings (SSSR count). The second kappa shape index (κ2) is 6.71. The van der Waals surface area contributed by atoms with Crippen molar-refractivity contribution < 1.29 is 9.13 Å². The molecule has 1 aliphatic heterocycles. The predicted molar refractivity (Wildman–Crippen MR) is 70.4 cm³/mol. The van der Waals surface area contributed by atoms with E-state index in [1.54, 1.807) is 12.1 Å². The third-order valence-electron chi connectivity index (χ3n) is 3.39. The van der Waals surface area contributed by atoms with E-state index in [1.807, 2.05) is 7.05 Å². The van der Waals surface area contributed by atoms with Gasteiger partial charge in [-0.15, -0.1) is 0 Å². The van der Waals surface area contributed by atoms with Gasteiger partial charge >= 0.3 is 0 Å². The molecule has 1 atom stereocenters. The van der Waals surface area contributed by atoms with E-state index in [0.29, 0.717) is 18.4 Å². The molecule has 3 nitrogen and oxygen atoms in total.